The van der Waals surface area contributed by atoms with Crippen LogP contribution in [-0.4, -0.2) is 23.7 Å². The number of benzene rings is 2. The highest BCUT2D eigenvalue weighted by Gasteiger charge is 2.32. The summed E-state index contributed by atoms with van der Waals surface area (Å²) < 4.78 is 39.3. The minimum atomic E-state index is -4.14. The van der Waals surface area contributed by atoms with E-state index in [0.717, 1.165) is 54.2 Å². The van der Waals surface area contributed by atoms with Gasteiger partial charge in [-0.2, -0.15) is 8.42 Å². The summed E-state index contributed by atoms with van der Waals surface area (Å²) in [5, 5.41) is 0. The highest BCUT2D eigenvalue weighted by Crippen LogP contribution is 2.51. The van der Waals surface area contributed by atoms with Crippen LogP contribution in [-0.2, 0) is 23.0 Å². The fourth-order valence-corrected chi connectivity index (χ4v) is 4.88. The standard InChI is InChI=1S/C26H30N2O4S/c1-3-8-19-14-15-26-24(18-19)28(23-12-5-6-13-25(23)32-26)22(16-17-33(29,30)31)21-11-7-10-20(27-21)9-4-2/h5-7,10-15,18,22H,3-4,8-9,16-17H2,1-2H3,(H,29,30,31). The Kier molecular flexibility index (Phi) is 7.00. The number of hydrogen-bond donors (Lipinski definition) is 1. The van der Waals surface area contributed by atoms with Crippen molar-refractivity contribution in [2.75, 3.05) is 10.7 Å². The molecule has 1 aliphatic rings. The minimum Gasteiger partial charge on any atom is -0.453 e. The number of para-hydroxylation sites is 2. The quantitative estimate of drug-likeness (QED) is 0.376. The van der Waals surface area contributed by atoms with Crippen molar-refractivity contribution in [1.29, 1.82) is 0 Å². The van der Waals surface area contributed by atoms with Crippen LogP contribution in [0.4, 0.5) is 11.4 Å². The second-order valence-electron chi connectivity index (χ2n) is 8.39. The van der Waals surface area contributed by atoms with Crippen molar-refractivity contribution in [3.8, 4) is 11.5 Å². The number of rotatable bonds is 9. The number of pyridine rings is 1. The van der Waals surface area contributed by atoms with Gasteiger partial charge in [-0.05, 0) is 61.2 Å². The van der Waals surface area contributed by atoms with Crippen LogP contribution in [0.1, 0.15) is 56.1 Å². The average Bonchev–Trinajstić information content (AvgIpc) is 2.79. The molecule has 0 radical (unpaired) electrons. The molecule has 0 saturated heterocycles. The van der Waals surface area contributed by atoms with E-state index in [1.807, 2.05) is 48.5 Å². The van der Waals surface area contributed by atoms with Crippen LogP contribution in [0.15, 0.2) is 60.7 Å². The number of aryl methyl sites for hydroxylation is 2. The summed E-state index contributed by atoms with van der Waals surface area (Å²) in [6.07, 6.45) is 3.95. The summed E-state index contributed by atoms with van der Waals surface area (Å²) in [7, 11) is -4.14. The third-order valence-corrected chi connectivity index (χ3v) is 6.55. The van der Waals surface area contributed by atoms with Gasteiger partial charge in [-0.3, -0.25) is 9.54 Å². The van der Waals surface area contributed by atoms with Crippen LogP contribution in [0, 0.1) is 0 Å². The Hall–Kier alpha value is -2.90. The van der Waals surface area contributed by atoms with E-state index < -0.39 is 16.2 Å². The smallest absolute Gasteiger partial charge is 0.264 e. The number of nitrogens with zero attached hydrogens (tertiary/aromatic N) is 2. The molecule has 1 aliphatic heterocycles. The van der Waals surface area contributed by atoms with Crippen molar-refractivity contribution in [2.45, 2.75) is 52.0 Å². The highest BCUT2D eigenvalue weighted by molar-refractivity contribution is 7.85. The summed E-state index contributed by atoms with van der Waals surface area (Å²) in [5.41, 5.74) is 4.65. The molecule has 1 aromatic heterocycles. The first kappa shape index (κ1) is 23.3. The van der Waals surface area contributed by atoms with E-state index in [-0.39, 0.29) is 12.2 Å². The van der Waals surface area contributed by atoms with E-state index in [4.69, 9.17) is 9.72 Å². The number of fused-ring (bicyclic) bond motifs is 2. The van der Waals surface area contributed by atoms with Crippen molar-refractivity contribution in [1.82, 2.24) is 4.98 Å². The molecule has 1 unspecified atom stereocenters. The van der Waals surface area contributed by atoms with Crippen molar-refractivity contribution in [2.24, 2.45) is 0 Å². The second kappa shape index (κ2) is 9.93. The van der Waals surface area contributed by atoms with Crippen molar-refractivity contribution in [3.63, 3.8) is 0 Å². The monoisotopic (exact) mass is 466 g/mol. The number of ether oxygens (including phenoxy) is 1. The molecular weight excluding hydrogens is 436 g/mol. The van der Waals surface area contributed by atoms with Gasteiger partial charge in [0, 0.05) is 5.69 Å². The fraction of sp³-hybridized carbons (Fsp3) is 0.346. The third kappa shape index (κ3) is 5.37. The minimum absolute atomic E-state index is 0.188. The molecule has 1 atom stereocenters. The number of anilines is 2. The molecular formula is C26H30N2O4S. The molecule has 3 aromatic rings. The molecule has 1 N–H and O–H groups in total. The highest BCUT2D eigenvalue weighted by atomic mass is 32.2. The number of hydrogen-bond acceptors (Lipinski definition) is 5. The average molecular weight is 467 g/mol. The topological polar surface area (TPSA) is 79.7 Å². The summed E-state index contributed by atoms with van der Waals surface area (Å²) in [5.74, 6) is 1.06. The van der Waals surface area contributed by atoms with Crippen LogP contribution in [0.2, 0.25) is 0 Å². The summed E-state index contributed by atoms with van der Waals surface area (Å²) in [4.78, 5) is 7.01. The summed E-state index contributed by atoms with van der Waals surface area (Å²) in [6, 6.07) is 19.4. The number of aromatic nitrogens is 1. The first-order valence-electron chi connectivity index (χ1n) is 11.5. The molecule has 7 heteroatoms. The fourth-order valence-electron chi connectivity index (χ4n) is 4.36. The zero-order chi connectivity index (χ0) is 23.4. The Balaban J connectivity index is 1.88. The Bertz CT molecular complexity index is 1230. The van der Waals surface area contributed by atoms with E-state index in [1.54, 1.807) is 0 Å². The van der Waals surface area contributed by atoms with Gasteiger partial charge in [-0.15, -0.1) is 0 Å². The Morgan fingerprint density at radius 1 is 0.939 bits per heavy atom. The molecule has 4 rings (SSSR count). The van der Waals surface area contributed by atoms with E-state index in [0.29, 0.717) is 5.75 Å². The molecule has 174 valence electrons. The molecule has 6 nitrogen and oxygen atoms in total. The molecule has 33 heavy (non-hydrogen) atoms. The summed E-state index contributed by atoms with van der Waals surface area (Å²) in [6.45, 7) is 4.25. The van der Waals surface area contributed by atoms with Gasteiger partial charge in [-0.1, -0.05) is 51.0 Å². The predicted octanol–water partition coefficient (Wildman–Crippen LogP) is 6.25. The van der Waals surface area contributed by atoms with Crippen molar-refractivity contribution < 1.29 is 17.7 Å². The molecule has 0 fully saturated rings. The Morgan fingerprint density at radius 2 is 1.70 bits per heavy atom. The molecule has 0 aliphatic carbocycles. The lowest BCUT2D eigenvalue weighted by Crippen LogP contribution is -2.29. The largest absolute Gasteiger partial charge is 0.453 e. The lowest BCUT2D eigenvalue weighted by atomic mass is 10.0. The van der Waals surface area contributed by atoms with Crippen LogP contribution in [0.5, 0.6) is 11.5 Å². The first-order valence-corrected chi connectivity index (χ1v) is 13.1. The van der Waals surface area contributed by atoms with Gasteiger partial charge < -0.3 is 9.64 Å². The first-order chi connectivity index (χ1) is 15.9. The van der Waals surface area contributed by atoms with Gasteiger partial charge in [-0.25, -0.2) is 0 Å². The molecule has 0 amide bonds. The molecule has 2 aromatic carbocycles. The maximum absolute atomic E-state index is 11.7. The zero-order valence-electron chi connectivity index (χ0n) is 19.1. The van der Waals surface area contributed by atoms with Crippen LogP contribution in [0.25, 0.3) is 0 Å². The van der Waals surface area contributed by atoms with E-state index in [9.17, 15) is 13.0 Å². The van der Waals surface area contributed by atoms with Crippen molar-refractivity contribution >= 4 is 21.5 Å². The van der Waals surface area contributed by atoms with Gasteiger partial charge >= 0.3 is 0 Å². The van der Waals surface area contributed by atoms with E-state index in [2.05, 4.69) is 30.9 Å². The third-order valence-electron chi connectivity index (χ3n) is 5.80. The van der Waals surface area contributed by atoms with Crippen molar-refractivity contribution in [3.05, 3.63) is 77.6 Å². The van der Waals surface area contributed by atoms with Gasteiger partial charge in [0.2, 0.25) is 0 Å². The lowest BCUT2D eigenvalue weighted by molar-refractivity contribution is 0.460. The Labute approximate surface area is 196 Å². The maximum Gasteiger partial charge on any atom is 0.264 e. The van der Waals surface area contributed by atoms with E-state index >= 15 is 0 Å². The normalized spacial score (nSPS) is 13.7. The molecule has 0 saturated carbocycles. The van der Waals surface area contributed by atoms with Crippen LogP contribution >= 0.6 is 0 Å². The Morgan fingerprint density at radius 3 is 2.45 bits per heavy atom. The molecule has 0 bridgehead atoms. The second-order valence-corrected chi connectivity index (χ2v) is 9.96. The van der Waals surface area contributed by atoms with Gasteiger partial charge in [0.25, 0.3) is 10.1 Å². The summed E-state index contributed by atoms with van der Waals surface area (Å²) >= 11 is 0. The zero-order valence-corrected chi connectivity index (χ0v) is 19.9. The van der Waals surface area contributed by atoms with Crippen LogP contribution in [0.3, 0.4) is 0 Å². The van der Waals surface area contributed by atoms with Gasteiger partial charge in [0.05, 0.1) is 28.9 Å². The SMILES string of the molecule is CCCc1ccc2c(c1)N(C(CCS(=O)(=O)O)c1cccc(CCC)n1)c1ccccc1O2. The van der Waals surface area contributed by atoms with Gasteiger partial charge in [0.1, 0.15) is 0 Å². The molecule has 0 spiro atoms. The molecule has 2 heterocycles. The van der Waals surface area contributed by atoms with E-state index in [1.165, 1.54) is 5.56 Å². The maximum atomic E-state index is 11.7. The van der Waals surface area contributed by atoms with Crippen LogP contribution < -0.4 is 9.64 Å². The predicted molar refractivity (Wildman–Crippen MR) is 131 cm³/mol. The van der Waals surface area contributed by atoms with Gasteiger partial charge in [0.15, 0.2) is 11.5 Å². The lowest BCUT2D eigenvalue weighted by Gasteiger charge is -2.38.